The van der Waals surface area contributed by atoms with E-state index < -0.39 is 0 Å². The molecule has 0 spiro atoms. The van der Waals surface area contributed by atoms with Crippen LogP contribution in [0.2, 0.25) is 0 Å². The summed E-state index contributed by atoms with van der Waals surface area (Å²) in [6.07, 6.45) is 0. The third kappa shape index (κ3) is 1.98. The number of phenols is 1. The second kappa shape index (κ2) is 3.73. The molecule has 0 aromatic heterocycles. The average molecular weight is 205 g/mol. The minimum Gasteiger partial charge on any atom is -0.508 e. The molecule has 4 heteroatoms. The Hall–Kier alpha value is -1.84. The molecule has 2 rings (SSSR count). The van der Waals surface area contributed by atoms with E-state index in [2.05, 4.69) is 4.99 Å². The number of aromatic hydroxyl groups is 1. The van der Waals surface area contributed by atoms with Gasteiger partial charge in [-0.25, -0.2) is 4.79 Å². The monoisotopic (exact) mass is 205 g/mol. The second-order valence-corrected chi connectivity index (χ2v) is 3.42. The molecule has 0 fully saturated rings. The van der Waals surface area contributed by atoms with Crippen molar-refractivity contribution < 1.29 is 14.6 Å². The molecule has 1 N–H and O–H groups in total. The van der Waals surface area contributed by atoms with Crippen LogP contribution in [-0.2, 0) is 9.53 Å². The minimum absolute atomic E-state index is 0.150. The van der Waals surface area contributed by atoms with Gasteiger partial charge in [0.25, 0.3) is 0 Å². The van der Waals surface area contributed by atoms with E-state index in [0.29, 0.717) is 5.71 Å². The maximum atomic E-state index is 11.0. The van der Waals surface area contributed by atoms with Gasteiger partial charge in [0.05, 0.1) is 0 Å². The molecule has 1 heterocycles. The van der Waals surface area contributed by atoms with Crippen molar-refractivity contribution >= 4 is 11.7 Å². The zero-order valence-electron chi connectivity index (χ0n) is 8.30. The van der Waals surface area contributed by atoms with Crippen LogP contribution in [0.15, 0.2) is 29.3 Å². The van der Waals surface area contributed by atoms with E-state index in [1.807, 2.05) is 0 Å². The summed E-state index contributed by atoms with van der Waals surface area (Å²) in [5, 5.41) is 9.13. The predicted octanol–water partition coefficient (Wildman–Crippen LogP) is 1.45. The third-order valence-electron chi connectivity index (χ3n) is 2.30. The topological polar surface area (TPSA) is 58.9 Å². The number of aliphatic imine (C=N–C) groups is 1. The first-order valence-corrected chi connectivity index (χ1v) is 4.67. The lowest BCUT2D eigenvalue weighted by Gasteiger charge is -2.18. The highest BCUT2D eigenvalue weighted by molar-refractivity contribution is 6.35. The largest absolute Gasteiger partial charge is 0.508 e. The lowest BCUT2D eigenvalue weighted by Crippen LogP contribution is -2.24. The van der Waals surface area contributed by atoms with Crippen molar-refractivity contribution in [3.8, 4) is 5.75 Å². The van der Waals surface area contributed by atoms with Gasteiger partial charge in [-0.3, -0.25) is 4.99 Å². The van der Waals surface area contributed by atoms with Crippen LogP contribution in [0.5, 0.6) is 5.75 Å². The summed E-state index contributed by atoms with van der Waals surface area (Å²) in [5.41, 5.74) is 1.32. The second-order valence-electron chi connectivity index (χ2n) is 3.42. The summed E-state index contributed by atoms with van der Waals surface area (Å²) >= 11 is 0. The van der Waals surface area contributed by atoms with Gasteiger partial charge in [0, 0.05) is 0 Å². The van der Waals surface area contributed by atoms with Gasteiger partial charge in [0.15, 0.2) is 0 Å². The van der Waals surface area contributed by atoms with E-state index in [1.54, 1.807) is 31.2 Å². The van der Waals surface area contributed by atoms with Gasteiger partial charge >= 0.3 is 5.97 Å². The van der Waals surface area contributed by atoms with Crippen molar-refractivity contribution in [1.29, 1.82) is 0 Å². The number of ether oxygens (including phenoxy) is 1. The highest BCUT2D eigenvalue weighted by atomic mass is 16.5. The van der Waals surface area contributed by atoms with Gasteiger partial charge in [0.1, 0.15) is 24.1 Å². The van der Waals surface area contributed by atoms with Crippen molar-refractivity contribution in [2.75, 3.05) is 6.61 Å². The molecule has 78 valence electrons. The molecular weight excluding hydrogens is 194 g/mol. The molecule has 1 aliphatic rings. The van der Waals surface area contributed by atoms with E-state index in [9.17, 15) is 4.79 Å². The molecule has 15 heavy (non-hydrogen) atoms. The quantitative estimate of drug-likeness (QED) is 0.706. The van der Waals surface area contributed by atoms with Crippen molar-refractivity contribution in [1.82, 2.24) is 0 Å². The van der Waals surface area contributed by atoms with E-state index in [4.69, 9.17) is 9.84 Å². The molecule has 0 bridgehead atoms. The third-order valence-corrected chi connectivity index (χ3v) is 2.30. The maximum absolute atomic E-state index is 11.0. The van der Waals surface area contributed by atoms with Gasteiger partial charge in [-0.15, -0.1) is 0 Å². The van der Waals surface area contributed by atoms with Crippen LogP contribution in [-0.4, -0.2) is 23.4 Å². The van der Waals surface area contributed by atoms with Crippen LogP contribution in [0.3, 0.4) is 0 Å². The summed E-state index contributed by atoms with van der Waals surface area (Å²) in [6, 6.07) is 6.59. The van der Waals surface area contributed by atoms with Crippen molar-refractivity contribution in [2.45, 2.75) is 13.0 Å². The fraction of sp³-hybridized carbons (Fsp3) is 0.273. The first-order valence-electron chi connectivity index (χ1n) is 4.67. The number of esters is 1. The van der Waals surface area contributed by atoms with E-state index in [0.717, 1.165) is 5.56 Å². The summed E-state index contributed by atoms with van der Waals surface area (Å²) in [7, 11) is 0. The number of rotatable bonds is 1. The number of carbonyl (C=O) groups excluding carboxylic acids is 1. The van der Waals surface area contributed by atoms with Crippen molar-refractivity contribution in [3.05, 3.63) is 29.8 Å². The summed E-state index contributed by atoms with van der Waals surface area (Å²) in [4.78, 5) is 15.3. The molecule has 0 saturated heterocycles. The molecule has 0 aliphatic carbocycles. The normalized spacial score (nSPS) is 20.7. The van der Waals surface area contributed by atoms with Gasteiger partial charge < -0.3 is 9.84 Å². The zero-order chi connectivity index (χ0) is 10.8. The van der Waals surface area contributed by atoms with E-state index >= 15 is 0 Å². The van der Waals surface area contributed by atoms with Crippen LogP contribution >= 0.6 is 0 Å². The number of benzene rings is 1. The number of hydrogen-bond donors (Lipinski definition) is 1. The number of nitrogens with zero attached hydrogens (tertiary/aromatic N) is 1. The SMILES string of the molecule is CC1=N[C@H](c2ccc(O)cc2)COC1=O. The highest BCUT2D eigenvalue weighted by Gasteiger charge is 2.21. The van der Waals surface area contributed by atoms with Crippen LogP contribution < -0.4 is 0 Å². The highest BCUT2D eigenvalue weighted by Crippen LogP contribution is 2.23. The summed E-state index contributed by atoms with van der Waals surface area (Å²) in [6.45, 7) is 1.90. The Morgan fingerprint density at radius 1 is 1.40 bits per heavy atom. The maximum Gasteiger partial charge on any atom is 0.352 e. The molecule has 0 amide bonds. The Labute approximate surface area is 87.2 Å². The standard InChI is InChI=1S/C11H11NO3/c1-7-11(14)15-6-10(12-7)8-2-4-9(13)5-3-8/h2-5,10,13H,6H2,1H3/t10-/m0/s1. The first-order chi connectivity index (χ1) is 7.16. The van der Waals surface area contributed by atoms with Crippen molar-refractivity contribution in [3.63, 3.8) is 0 Å². The van der Waals surface area contributed by atoms with Gasteiger partial charge in [-0.05, 0) is 24.6 Å². The Morgan fingerprint density at radius 3 is 2.67 bits per heavy atom. The molecule has 1 aliphatic heterocycles. The molecule has 0 unspecified atom stereocenters. The minimum atomic E-state index is -0.356. The van der Waals surface area contributed by atoms with Crippen LogP contribution in [0.25, 0.3) is 0 Å². The predicted molar refractivity (Wildman–Crippen MR) is 54.9 cm³/mol. The van der Waals surface area contributed by atoms with Crippen LogP contribution in [0, 0.1) is 0 Å². The summed E-state index contributed by atoms with van der Waals surface area (Å²) < 4.78 is 4.96. The Balaban J connectivity index is 2.25. The Bertz CT molecular complexity index is 408. The van der Waals surface area contributed by atoms with Crippen LogP contribution in [0.4, 0.5) is 0 Å². The Morgan fingerprint density at radius 2 is 2.07 bits per heavy atom. The molecule has 4 nitrogen and oxygen atoms in total. The molecule has 0 saturated carbocycles. The fourth-order valence-corrected chi connectivity index (χ4v) is 1.45. The number of hydrogen-bond acceptors (Lipinski definition) is 4. The molecule has 1 atom stereocenters. The van der Waals surface area contributed by atoms with Crippen LogP contribution in [0.1, 0.15) is 18.5 Å². The zero-order valence-corrected chi connectivity index (χ0v) is 8.30. The molecular formula is C11H11NO3. The lowest BCUT2D eigenvalue weighted by molar-refractivity contribution is -0.137. The average Bonchev–Trinajstić information content (AvgIpc) is 2.23. The fourth-order valence-electron chi connectivity index (χ4n) is 1.45. The van der Waals surface area contributed by atoms with E-state index in [1.165, 1.54) is 0 Å². The number of phenolic OH excluding ortho intramolecular Hbond substituents is 1. The number of cyclic esters (lactones) is 1. The molecule has 0 radical (unpaired) electrons. The summed E-state index contributed by atoms with van der Waals surface area (Å²) in [5.74, 6) is -0.141. The number of carbonyl (C=O) groups is 1. The van der Waals surface area contributed by atoms with E-state index in [-0.39, 0.29) is 24.4 Å². The Kier molecular flexibility index (Phi) is 2.41. The van der Waals surface area contributed by atoms with Crippen molar-refractivity contribution in [2.24, 2.45) is 4.99 Å². The molecule has 1 aromatic rings. The van der Waals surface area contributed by atoms with Gasteiger partial charge in [-0.1, -0.05) is 12.1 Å². The van der Waals surface area contributed by atoms with Gasteiger partial charge in [-0.2, -0.15) is 0 Å². The smallest absolute Gasteiger partial charge is 0.352 e. The lowest BCUT2D eigenvalue weighted by atomic mass is 10.1. The molecule has 1 aromatic carbocycles. The first kappa shape index (κ1) is 9.71. The van der Waals surface area contributed by atoms with Gasteiger partial charge in [0.2, 0.25) is 0 Å².